The van der Waals surface area contributed by atoms with Gasteiger partial charge in [-0.25, -0.2) is 4.79 Å². The van der Waals surface area contributed by atoms with E-state index in [9.17, 15) is 9.90 Å². The van der Waals surface area contributed by atoms with Crippen LogP contribution in [0.1, 0.15) is 37.4 Å². The standard InChI is InChI=1S/C17H25ClN2O3/c1-23-16(12-6-4-7-14(18)9-12)10-19-17(22)20-15-8-3-2-5-13(15)11-21/h4,6-7,9,13,15-16,21H,2-3,5,8,10-11H2,1H3,(H2,19,20,22). The molecule has 1 fully saturated rings. The van der Waals surface area contributed by atoms with Crippen molar-refractivity contribution in [1.29, 1.82) is 0 Å². The van der Waals surface area contributed by atoms with Crippen molar-refractivity contribution >= 4 is 17.6 Å². The molecular formula is C17H25ClN2O3. The van der Waals surface area contributed by atoms with Gasteiger partial charge in [0.2, 0.25) is 0 Å². The number of amides is 2. The lowest BCUT2D eigenvalue weighted by atomic mass is 9.85. The van der Waals surface area contributed by atoms with E-state index in [2.05, 4.69) is 10.6 Å². The first kappa shape index (κ1) is 18.0. The smallest absolute Gasteiger partial charge is 0.315 e. The Labute approximate surface area is 142 Å². The van der Waals surface area contributed by atoms with Crippen LogP contribution < -0.4 is 10.6 Å². The van der Waals surface area contributed by atoms with Gasteiger partial charge in [0.25, 0.3) is 0 Å². The molecule has 2 rings (SSSR count). The van der Waals surface area contributed by atoms with E-state index in [0.717, 1.165) is 31.2 Å². The Morgan fingerprint density at radius 3 is 2.91 bits per heavy atom. The molecule has 3 unspecified atom stereocenters. The van der Waals surface area contributed by atoms with Gasteiger partial charge < -0.3 is 20.5 Å². The van der Waals surface area contributed by atoms with Crippen molar-refractivity contribution in [3.8, 4) is 0 Å². The molecule has 1 aromatic rings. The van der Waals surface area contributed by atoms with Gasteiger partial charge in [-0.15, -0.1) is 0 Å². The summed E-state index contributed by atoms with van der Waals surface area (Å²) in [4.78, 5) is 12.1. The third kappa shape index (κ3) is 5.37. The third-order valence-electron chi connectivity index (χ3n) is 4.41. The Morgan fingerprint density at radius 2 is 2.22 bits per heavy atom. The van der Waals surface area contributed by atoms with Crippen LogP contribution in [0, 0.1) is 5.92 Å². The Balaban J connectivity index is 1.84. The largest absolute Gasteiger partial charge is 0.396 e. The molecule has 0 aromatic heterocycles. The molecule has 0 aliphatic heterocycles. The van der Waals surface area contributed by atoms with E-state index in [0.29, 0.717) is 11.6 Å². The molecule has 0 radical (unpaired) electrons. The monoisotopic (exact) mass is 340 g/mol. The van der Waals surface area contributed by atoms with Gasteiger partial charge in [0.05, 0.1) is 6.10 Å². The number of hydrogen-bond acceptors (Lipinski definition) is 3. The van der Waals surface area contributed by atoms with Gasteiger partial charge in [0.15, 0.2) is 0 Å². The number of hydrogen-bond donors (Lipinski definition) is 3. The summed E-state index contributed by atoms with van der Waals surface area (Å²) >= 11 is 5.99. The molecule has 1 aromatic carbocycles. The summed E-state index contributed by atoms with van der Waals surface area (Å²) < 4.78 is 5.43. The van der Waals surface area contributed by atoms with Crippen LogP contribution in [-0.4, -0.2) is 37.4 Å². The lowest BCUT2D eigenvalue weighted by Crippen LogP contribution is -2.48. The maximum Gasteiger partial charge on any atom is 0.315 e. The number of aliphatic hydroxyl groups excluding tert-OH is 1. The number of ether oxygens (including phenoxy) is 1. The average Bonchev–Trinajstić information content (AvgIpc) is 2.56. The summed E-state index contributed by atoms with van der Waals surface area (Å²) in [7, 11) is 1.61. The Kier molecular flexibility index (Phi) is 7.15. The minimum atomic E-state index is -0.251. The highest BCUT2D eigenvalue weighted by Crippen LogP contribution is 2.24. The average molecular weight is 341 g/mol. The van der Waals surface area contributed by atoms with Crippen molar-refractivity contribution in [2.75, 3.05) is 20.3 Å². The lowest BCUT2D eigenvalue weighted by Gasteiger charge is -2.31. The predicted octanol–water partition coefficient (Wildman–Crippen LogP) is 2.88. The van der Waals surface area contributed by atoms with Crippen LogP contribution in [0.3, 0.4) is 0 Å². The number of rotatable bonds is 6. The van der Waals surface area contributed by atoms with E-state index in [1.54, 1.807) is 13.2 Å². The number of carbonyl (C=O) groups is 1. The van der Waals surface area contributed by atoms with E-state index in [1.807, 2.05) is 18.2 Å². The second-order valence-corrected chi connectivity index (χ2v) is 6.40. The zero-order valence-corrected chi connectivity index (χ0v) is 14.2. The van der Waals surface area contributed by atoms with Gasteiger partial charge in [-0.05, 0) is 30.5 Å². The lowest BCUT2D eigenvalue weighted by molar-refractivity contribution is 0.103. The Morgan fingerprint density at radius 1 is 1.43 bits per heavy atom. The molecule has 0 spiro atoms. The van der Waals surface area contributed by atoms with Gasteiger partial charge >= 0.3 is 6.03 Å². The second-order valence-electron chi connectivity index (χ2n) is 5.97. The SMILES string of the molecule is COC(CNC(=O)NC1CCCCC1CO)c1cccc(Cl)c1. The van der Waals surface area contributed by atoms with Crippen molar-refractivity contribution in [1.82, 2.24) is 10.6 Å². The van der Waals surface area contributed by atoms with Gasteiger partial charge in [-0.2, -0.15) is 0 Å². The maximum atomic E-state index is 12.1. The van der Waals surface area contributed by atoms with Gasteiger partial charge in [-0.3, -0.25) is 0 Å². The van der Waals surface area contributed by atoms with Gasteiger partial charge in [0.1, 0.15) is 0 Å². The summed E-state index contributed by atoms with van der Waals surface area (Å²) in [6.07, 6.45) is 3.83. The van der Waals surface area contributed by atoms with Crippen LogP contribution in [0.4, 0.5) is 4.79 Å². The van der Waals surface area contributed by atoms with Gasteiger partial charge in [-0.1, -0.05) is 36.6 Å². The fourth-order valence-corrected chi connectivity index (χ4v) is 3.26. The third-order valence-corrected chi connectivity index (χ3v) is 4.65. The summed E-state index contributed by atoms with van der Waals surface area (Å²) in [5, 5.41) is 15.9. The van der Waals surface area contributed by atoms with Crippen molar-refractivity contribution in [2.24, 2.45) is 5.92 Å². The molecule has 0 bridgehead atoms. The Bertz CT molecular complexity index is 512. The number of urea groups is 1. The number of carbonyl (C=O) groups excluding carboxylic acids is 1. The number of benzene rings is 1. The second kappa shape index (κ2) is 9.11. The van der Waals surface area contributed by atoms with E-state index in [1.165, 1.54) is 0 Å². The topological polar surface area (TPSA) is 70.6 Å². The van der Waals surface area contributed by atoms with Crippen molar-refractivity contribution in [3.63, 3.8) is 0 Å². The highest BCUT2D eigenvalue weighted by atomic mass is 35.5. The normalized spacial score (nSPS) is 22.4. The number of aliphatic hydroxyl groups is 1. The molecule has 3 atom stereocenters. The highest BCUT2D eigenvalue weighted by Gasteiger charge is 2.26. The number of nitrogens with one attached hydrogen (secondary N) is 2. The van der Waals surface area contributed by atoms with E-state index in [-0.39, 0.29) is 30.7 Å². The zero-order valence-electron chi connectivity index (χ0n) is 13.4. The first-order chi connectivity index (χ1) is 11.1. The van der Waals surface area contributed by atoms with Crippen LogP contribution >= 0.6 is 11.6 Å². The summed E-state index contributed by atoms with van der Waals surface area (Å²) in [5.74, 6) is 0.153. The van der Waals surface area contributed by atoms with Crippen LogP contribution in [0.2, 0.25) is 5.02 Å². The highest BCUT2D eigenvalue weighted by molar-refractivity contribution is 6.30. The first-order valence-corrected chi connectivity index (χ1v) is 8.45. The molecule has 23 heavy (non-hydrogen) atoms. The maximum absolute atomic E-state index is 12.1. The predicted molar refractivity (Wildman–Crippen MR) is 90.6 cm³/mol. The number of methoxy groups -OCH3 is 1. The van der Waals surface area contributed by atoms with Crippen molar-refractivity contribution in [3.05, 3.63) is 34.9 Å². The fraction of sp³-hybridized carbons (Fsp3) is 0.588. The summed E-state index contributed by atoms with van der Waals surface area (Å²) in [6, 6.07) is 7.23. The molecule has 1 aliphatic rings. The quantitative estimate of drug-likeness (QED) is 0.745. The van der Waals surface area contributed by atoms with Crippen molar-refractivity contribution < 1.29 is 14.6 Å². The minimum Gasteiger partial charge on any atom is -0.396 e. The van der Waals surface area contributed by atoms with Crippen LogP contribution in [0.5, 0.6) is 0 Å². The van der Waals surface area contributed by atoms with E-state index >= 15 is 0 Å². The molecule has 5 nitrogen and oxygen atoms in total. The molecule has 2 amide bonds. The molecule has 0 heterocycles. The molecule has 6 heteroatoms. The fourth-order valence-electron chi connectivity index (χ4n) is 3.07. The zero-order chi connectivity index (χ0) is 16.7. The molecule has 1 aliphatic carbocycles. The van der Waals surface area contributed by atoms with Crippen LogP contribution in [0.15, 0.2) is 24.3 Å². The van der Waals surface area contributed by atoms with Gasteiger partial charge in [0, 0.05) is 37.2 Å². The van der Waals surface area contributed by atoms with Crippen LogP contribution in [-0.2, 0) is 4.74 Å². The summed E-state index contributed by atoms with van der Waals surface area (Å²) in [6.45, 7) is 0.480. The minimum absolute atomic E-state index is 0.0425. The molecule has 128 valence electrons. The van der Waals surface area contributed by atoms with Crippen LogP contribution in [0.25, 0.3) is 0 Å². The Hall–Kier alpha value is -1.30. The molecule has 0 saturated heterocycles. The van der Waals surface area contributed by atoms with E-state index < -0.39 is 0 Å². The molecule has 3 N–H and O–H groups in total. The van der Waals surface area contributed by atoms with E-state index in [4.69, 9.17) is 16.3 Å². The summed E-state index contributed by atoms with van der Waals surface area (Å²) in [5.41, 5.74) is 0.922. The number of halogens is 1. The van der Waals surface area contributed by atoms with Crippen molar-refractivity contribution in [2.45, 2.75) is 37.8 Å². The molecular weight excluding hydrogens is 316 g/mol. The first-order valence-electron chi connectivity index (χ1n) is 8.07. The molecule has 1 saturated carbocycles.